The fourth-order valence-electron chi connectivity index (χ4n) is 1.95. The van der Waals surface area contributed by atoms with E-state index in [4.69, 9.17) is 15.9 Å². The van der Waals surface area contributed by atoms with E-state index in [-0.39, 0.29) is 11.9 Å². The lowest BCUT2D eigenvalue weighted by Gasteiger charge is -2.20. The molecule has 0 amide bonds. The van der Waals surface area contributed by atoms with Crippen LogP contribution in [-0.2, 0) is 0 Å². The zero-order valence-electron chi connectivity index (χ0n) is 11.6. The van der Waals surface area contributed by atoms with Crippen molar-refractivity contribution in [2.75, 3.05) is 0 Å². The lowest BCUT2D eigenvalue weighted by molar-refractivity contribution is 0.173. The van der Waals surface area contributed by atoms with E-state index in [1.165, 1.54) is 0 Å². The first-order chi connectivity index (χ1) is 9.00. The van der Waals surface area contributed by atoms with Crippen LogP contribution in [0.4, 0.5) is 0 Å². The van der Waals surface area contributed by atoms with Gasteiger partial charge in [0.25, 0.3) is 0 Å². The van der Waals surface area contributed by atoms with Crippen LogP contribution < -0.4 is 10.5 Å². The third kappa shape index (κ3) is 2.70. The Kier molecular flexibility index (Phi) is 3.74. The van der Waals surface area contributed by atoms with Gasteiger partial charge in [-0.25, -0.2) is 0 Å². The van der Waals surface area contributed by atoms with Gasteiger partial charge in [0.2, 0.25) is 0 Å². The summed E-state index contributed by atoms with van der Waals surface area (Å²) in [4.78, 5) is 0. The largest absolute Gasteiger partial charge is 0.490 e. The van der Waals surface area contributed by atoms with Crippen molar-refractivity contribution in [3.05, 3.63) is 42.0 Å². The minimum Gasteiger partial charge on any atom is -0.490 e. The van der Waals surface area contributed by atoms with Crippen molar-refractivity contribution in [3.8, 4) is 5.75 Å². The van der Waals surface area contributed by atoms with Crippen molar-refractivity contribution in [1.82, 2.24) is 0 Å². The summed E-state index contributed by atoms with van der Waals surface area (Å²) in [6, 6.07) is 11.7. The molecule has 0 aliphatic rings. The summed E-state index contributed by atoms with van der Waals surface area (Å²) in [7, 11) is 0. The first-order valence-corrected chi connectivity index (χ1v) is 6.53. The molecule has 0 aliphatic heterocycles. The molecule has 3 nitrogen and oxygen atoms in total. The molecule has 0 saturated heterocycles. The molecule has 0 saturated carbocycles. The zero-order valence-corrected chi connectivity index (χ0v) is 11.6. The summed E-state index contributed by atoms with van der Waals surface area (Å²) < 4.78 is 6.01. The lowest BCUT2D eigenvalue weighted by atomic mass is 10.0. The number of hydrogen-bond donors (Lipinski definition) is 2. The lowest BCUT2D eigenvalue weighted by Crippen LogP contribution is -2.19. The molecule has 1 unspecified atom stereocenters. The Labute approximate surface area is 113 Å². The van der Waals surface area contributed by atoms with E-state index in [2.05, 4.69) is 20.8 Å². The molecule has 0 aromatic heterocycles. The van der Waals surface area contributed by atoms with Gasteiger partial charge in [0.05, 0.1) is 6.10 Å². The molecule has 0 fully saturated rings. The van der Waals surface area contributed by atoms with E-state index in [0.29, 0.717) is 5.92 Å². The Morgan fingerprint density at radius 3 is 2.26 bits per heavy atom. The van der Waals surface area contributed by atoms with Crippen molar-refractivity contribution in [3.63, 3.8) is 0 Å². The van der Waals surface area contributed by atoms with Gasteiger partial charge in [0, 0.05) is 10.9 Å². The summed E-state index contributed by atoms with van der Waals surface area (Å²) in [6.45, 7) is 6.34. The highest BCUT2D eigenvalue weighted by Crippen LogP contribution is 2.29. The fraction of sp³-hybridized carbons (Fsp3) is 0.312. The van der Waals surface area contributed by atoms with Crippen LogP contribution >= 0.6 is 0 Å². The van der Waals surface area contributed by atoms with Crippen molar-refractivity contribution in [2.24, 2.45) is 11.7 Å². The Hall–Kier alpha value is -2.03. The topological polar surface area (TPSA) is 59.1 Å². The molecule has 0 radical (unpaired) electrons. The predicted molar refractivity (Wildman–Crippen MR) is 79.9 cm³/mol. The molecule has 2 aromatic carbocycles. The van der Waals surface area contributed by atoms with Crippen LogP contribution in [0, 0.1) is 11.3 Å². The predicted octanol–water partition coefficient (Wildman–Crippen LogP) is 3.55. The molecule has 0 bridgehead atoms. The second kappa shape index (κ2) is 5.31. The van der Waals surface area contributed by atoms with Crippen LogP contribution in [-0.4, -0.2) is 11.9 Å². The summed E-state index contributed by atoms with van der Waals surface area (Å²) >= 11 is 0. The van der Waals surface area contributed by atoms with E-state index in [1.807, 2.05) is 36.4 Å². The minimum atomic E-state index is 0.0830. The van der Waals surface area contributed by atoms with E-state index in [0.717, 1.165) is 22.1 Å². The van der Waals surface area contributed by atoms with E-state index < -0.39 is 0 Å². The second-order valence-corrected chi connectivity index (χ2v) is 5.14. The molecule has 3 N–H and O–H groups in total. The Balaban J connectivity index is 2.53. The van der Waals surface area contributed by atoms with Crippen LogP contribution in [0.2, 0.25) is 0 Å². The normalized spacial score (nSPS) is 12.6. The van der Waals surface area contributed by atoms with Gasteiger partial charge in [-0.2, -0.15) is 0 Å². The molecule has 19 heavy (non-hydrogen) atoms. The van der Waals surface area contributed by atoms with Crippen molar-refractivity contribution < 1.29 is 4.74 Å². The standard InChI is InChI=1S/C16H20N2O/c1-10(2)11(3)19-15-9-8-14(16(17)18)12-6-4-5-7-13(12)15/h4-11H,1-3H3,(H3,17,18). The van der Waals surface area contributed by atoms with Crippen molar-refractivity contribution >= 4 is 16.6 Å². The molecule has 2 aromatic rings. The number of nitrogen functional groups attached to an aromatic ring is 1. The van der Waals surface area contributed by atoms with Gasteiger partial charge in [-0.15, -0.1) is 0 Å². The summed E-state index contributed by atoms with van der Waals surface area (Å²) in [6.07, 6.45) is 0.145. The fourth-order valence-corrected chi connectivity index (χ4v) is 1.95. The van der Waals surface area contributed by atoms with Crippen LogP contribution in [0.15, 0.2) is 36.4 Å². The Bertz CT molecular complexity index is 605. The van der Waals surface area contributed by atoms with Gasteiger partial charge in [-0.05, 0) is 30.4 Å². The molecule has 1 atom stereocenters. The Morgan fingerprint density at radius 1 is 1.05 bits per heavy atom. The average Bonchev–Trinajstić information content (AvgIpc) is 2.38. The monoisotopic (exact) mass is 256 g/mol. The van der Waals surface area contributed by atoms with Crippen LogP contribution in [0.25, 0.3) is 10.8 Å². The first-order valence-electron chi connectivity index (χ1n) is 6.53. The number of ether oxygens (including phenoxy) is 1. The third-order valence-corrected chi connectivity index (χ3v) is 3.43. The first kappa shape index (κ1) is 13.4. The number of rotatable bonds is 4. The number of amidine groups is 1. The SMILES string of the molecule is CC(C)C(C)Oc1ccc(C(=N)N)c2ccccc12. The van der Waals surface area contributed by atoms with Gasteiger partial charge < -0.3 is 10.5 Å². The van der Waals surface area contributed by atoms with Crippen molar-refractivity contribution in [1.29, 1.82) is 5.41 Å². The Morgan fingerprint density at radius 2 is 1.68 bits per heavy atom. The highest BCUT2D eigenvalue weighted by molar-refractivity contribution is 6.09. The highest BCUT2D eigenvalue weighted by Gasteiger charge is 2.13. The maximum atomic E-state index is 7.63. The van der Waals surface area contributed by atoms with Crippen LogP contribution in [0.5, 0.6) is 5.75 Å². The van der Waals surface area contributed by atoms with E-state index in [9.17, 15) is 0 Å². The second-order valence-electron chi connectivity index (χ2n) is 5.14. The van der Waals surface area contributed by atoms with Gasteiger partial charge in [0.15, 0.2) is 0 Å². The van der Waals surface area contributed by atoms with Crippen LogP contribution in [0.3, 0.4) is 0 Å². The molecule has 100 valence electrons. The van der Waals surface area contributed by atoms with E-state index >= 15 is 0 Å². The van der Waals surface area contributed by atoms with Gasteiger partial charge in [-0.1, -0.05) is 38.1 Å². The number of nitrogens with two attached hydrogens (primary N) is 1. The minimum absolute atomic E-state index is 0.0830. The summed E-state index contributed by atoms with van der Waals surface area (Å²) in [5.41, 5.74) is 6.37. The molecule has 2 rings (SSSR count). The molecule has 0 heterocycles. The van der Waals surface area contributed by atoms with Gasteiger partial charge >= 0.3 is 0 Å². The summed E-state index contributed by atoms with van der Waals surface area (Å²) in [5, 5.41) is 9.60. The molecular formula is C16H20N2O. The summed E-state index contributed by atoms with van der Waals surface area (Å²) in [5.74, 6) is 1.38. The molecule has 0 spiro atoms. The van der Waals surface area contributed by atoms with E-state index in [1.54, 1.807) is 0 Å². The average molecular weight is 256 g/mol. The number of fused-ring (bicyclic) bond motifs is 1. The zero-order chi connectivity index (χ0) is 14.0. The van der Waals surface area contributed by atoms with Crippen molar-refractivity contribution in [2.45, 2.75) is 26.9 Å². The number of hydrogen-bond acceptors (Lipinski definition) is 2. The van der Waals surface area contributed by atoms with Gasteiger partial charge in [-0.3, -0.25) is 5.41 Å². The molecule has 3 heteroatoms. The quantitative estimate of drug-likeness (QED) is 0.649. The van der Waals surface area contributed by atoms with Gasteiger partial charge in [0.1, 0.15) is 11.6 Å². The smallest absolute Gasteiger partial charge is 0.127 e. The highest BCUT2D eigenvalue weighted by atomic mass is 16.5. The number of nitrogens with one attached hydrogen (secondary N) is 1. The third-order valence-electron chi connectivity index (χ3n) is 3.43. The van der Waals surface area contributed by atoms with Crippen LogP contribution in [0.1, 0.15) is 26.3 Å². The number of benzene rings is 2. The molecular weight excluding hydrogens is 236 g/mol. The molecule has 0 aliphatic carbocycles. The maximum Gasteiger partial charge on any atom is 0.127 e. The maximum absolute atomic E-state index is 7.63.